The molecule has 1 amide bonds. The van der Waals surface area contributed by atoms with Gasteiger partial charge in [0.1, 0.15) is 0 Å². The number of carbonyl (C=O) groups is 1. The van der Waals surface area contributed by atoms with Crippen molar-refractivity contribution in [3.05, 3.63) is 65.7 Å². The second-order valence-electron chi connectivity index (χ2n) is 5.63. The standard InChI is InChI=1S/C18H22N2O4S/c1-20(11-12-24-2)19-18(21)16-9-6-10-17(13-16)25(22,23)14-15-7-4-3-5-8-15/h3-10,13H,11-12,14H2,1-2H3,(H,19,21). The van der Waals surface area contributed by atoms with Gasteiger partial charge in [0.15, 0.2) is 9.84 Å². The first-order chi connectivity index (χ1) is 11.9. The van der Waals surface area contributed by atoms with Crippen LogP contribution in [0.1, 0.15) is 15.9 Å². The van der Waals surface area contributed by atoms with Gasteiger partial charge in [0.05, 0.1) is 17.3 Å². The third-order valence-corrected chi connectivity index (χ3v) is 5.26. The maximum atomic E-state index is 12.6. The second kappa shape index (κ2) is 8.75. The minimum absolute atomic E-state index is 0.105. The van der Waals surface area contributed by atoms with Crippen molar-refractivity contribution in [1.29, 1.82) is 0 Å². The Bertz CT molecular complexity index is 807. The molecule has 7 heteroatoms. The Kier molecular flexibility index (Phi) is 6.69. The van der Waals surface area contributed by atoms with Crippen LogP contribution in [-0.2, 0) is 20.3 Å². The average molecular weight is 362 g/mol. The SMILES string of the molecule is COCCN(C)NC(=O)c1cccc(S(=O)(=O)Cc2ccccc2)c1. The van der Waals surface area contributed by atoms with Gasteiger partial charge >= 0.3 is 0 Å². The summed E-state index contributed by atoms with van der Waals surface area (Å²) in [6.45, 7) is 0.997. The molecule has 134 valence electrons. The van der Waals surface area contributed by atoms with Gasteiger partial charge in [0.2, 0.25) is 0 Å². The number of ether oxygens (including phenoxy) is 1. The molecule has 0 heterocycles. The van der Waals surface area contributed by atoms with Gasteiger partial charge in [-0.25, -0.2) is 13.4 Å². The highest BCUT2D eigenvalue weighted by Gasteiger charge is 2.17. The molecular weight excluding hydrogens is 340 g/mol. The number of likely N-dealkylation sites (N-methyl/N-ethyl adjacent to an activating group) is 1. The summed E-state index contributed by atoms with van der Waals surface area (Å²) < 4.78 is 30.1. The lowest BCUT2D eigenvalue weighted by molar-refractivity contribution is 0.0775. The smallest absolute Gasteiger partial charge is 0.265 e. The fourth-order valence-corrected chi connectivity index (χ4v) is 3.62. The quantitative estimate of drug-likeness (QED) is 0.726. The van der Waals surface area contributed by atoms with Gasteiger partial charge in [-0.15, -0.1) is 0 Å². The summed E-state index contributed by atoms with van der Waals surface area (Å²) in [5.74, 6) is -0.470. The molecule has 0 saturated heterocycles. The number of sulfone groups is 1. The molecule has 0 saturated carbocycles. The van der Waals surface area contributed by atoms with Gasteiger partial charge in [0, 0.05) is 26.3 Å². The van der Waals surface area contributed by atoms with E-state index >= 15 is 0 Å². The van der Waals surface area contributed by atoms with Crippen LogP contribution in [0.5, 0.6) is 0 Å². The van der Waals surface area contributed by atoms with E-state index in [1.54, 1.807) is 55.6 Å². The molecule has 2 aromatic rings. The van der Waals surface area contributed by atoms with E-state index in [1.807, 2.05) is 6.07 Å². The van der Waals surface area contributed by atoms with Crippen molar-refractivity contribution in [3.63, 3.8) is 0 Å². The fraction of sp³-hybridized carbons (Fsp3) is 0.278. The van der Waals surface area contributed by atoms with Crippen LogP contribution in [0.15, 0.2) is 59.5 Å². The monoisotopic (exact) mass is 362 g/mol. The van der Waals surface area contributed by atoms with Crippen molar-refractivity contribution in [2.24, 2.45) is 0 Å². The summed E-state index contributed by atoms with van der Waals surface area (Å²) in [6, 6.07) is 15.0. The maximum absolute atomic E-state index is 12.6. The molecule has 2 rings (SSSR count). The summed E-state index contributed by atoms with van der Waals surface area (Å²) in [6.07, 6.45) is 0. The second-order valence-corrected chi connectivity index (χ2v) is 7.62. The molecule has 0 aliphatic heterocycles. The van der Waals surface area contributed by atoms with Crippen LogP contribution in [0.3, 0.4) is 0 Å². The number of methoxy groups -OCH3 is 1. The van der Waals surface area contributed by atoms with E-state index in [0.29, 0.717) is 24.3 Å². The summed E-state index contributed by atoms with van der Waals surface area (Å²) in [7, 11) is -0.230. The lowest BCUT2D eigenvalue weighted by Gasteiger charge is -2.17. The first-order valence-corrected chi connectivity index (χ1v) is 9.45. The molecule has 0 radical (unpaired) electrons. The van der Waals surface area contributed by atoms with Crippen LogP contribution in [0.25, 0.3) is 0 Å². The number of hydrogen-bond donors (Lipinski definition) is 1. The van der Waals surface area contributed by atoms with Crippen LogP contribution >= 0.6 is 0 Å². The Morgan fingerprint density at radius 2 is 1.84 bits per heavy atom. The third-order valence-electron chi connectivity index (χ3n) is 3.58. The minimum Gasteiger partial charge on any atom is -0.383 e. The zero-order valence-electron chi connectivity index (χ0n) is 14.3. The third kappa shape index (κ3) is 5.67. The number of hydrazine groups is 1. The lowest BCUT2D eigenvalue weighted by Crippen LogP contribution is -2.41. The van der Waals surface area contributed by atoms with Crippen molar-refractivity contribution >= 4 is 15.7 Å². The first kappa shape index (κ1) is 19.1. The van der Waals surface area contributed by atoms with Crippen molar-refractivity contribution in [3.8, 4) is 0 Å². The summed E-state index contributed by atoms with van der Waals surface area (Å²) in [5.41, 5.74) is 3.67. The summed E-state index contributed by atoms with van der Waals surface area (Å²) >= 11 is 0. The number of nitrogens with zero attached hydrogens (tertiary/aromatic N) is 1. The molecule has 0 aliphatic carbocycles. The molecule has 0 fully saturated rings. The molecule has 0 aliphatic rings. The zero-order valence-corrected chi connectivity index (χ0v) is 15.1. The van der Waals surface area contributed by atoms with E-state index in [4.69, 9.17) is 4.74 Å². The number of rotatable bonds is 8. The van der Waals surface area contributed by atoms with Crippen LogP contribution in [-0.4, -0.2) is 46.6 Å². The molecule has 1 N–H and O–H groups in total. The largest absolute Gasteiger partial charge is 0.383 e. The predicted octanol–water partition coefficient (Wildman–Crippen LogP) is 1.88. The molecule has 6 nitrogen and oxygen atoms in total. The Labute approximate surface area is 148 Å². The van der Waals surface area contributed by atoms with E-state index in [2.05, 4.69) is 5.43 Å². The van der Waals surface area contributed by atoms with Crippen LogP contribution in [0.2, 0.25) is 0 Å². The number of benzene rings is 2. The normalized spacial score (nSPS) is 11.5. The predicted molar refractivity (Wildman–Crippen MR) is 95.7 cm³/mol. The first-order valence-electron chi connectivity index (χ1n) is 7.80. The van der Waals surface area contributed by atoms with Gasteiger partial charge < -0.3 is 4.74 Å². The summed E-state index contributed by atoms with van der Waals surface area (Å²) in [5, 5.41) is 1.59. The molecular formula is C18H22N2O4S. The van der Waals surface area contributed by atoms with Crippen LogP contribution in [0, 0.1) is 0 Å². The molecule has 25 heavy (non-hydrogen) atoms. The van der Waals surface area contributed by atoms with E-state index < -0.39 is 9.84 Å². The van der Waals surface area contributed by atoms with Crippen molar-refractivity contribution in [2.45, 2.75) is 10.6 Å². The Morgan fingerprint density at radius 1 is 1.12 bits per heavy atom. The molecule has 0 bridgehead atoms. The zero-order chi connectivity index (χ0) is 18.3. The molecule has 0 atom stereocenters. The molecule has 0 spiro atoms. The van der Waals surface area contributed by atoms with Gasteiger partial charge in [-0.1, -0.05) is 36.4 Å². The number of hydrogen-bond acceptors (Lipinski definition) is 5. The van der Waals surface area contributed by atoms with Gasteiger partial charge in [0.25, 0.3) is 5.91 Å². The average Bonchev–Trinajstić information content (AvgIpc) is 2.60. The van der Waals surface area contributed by atoms with Crippen molar-refractivity contribution in [1.82, 2.24) is 10.4 Å². The Balaban J connectivity index is 2.13. The van der Waals surface area contributed by atoms with E-state index in [-0.39, 0.29) is 16.6 Å². The van der Waals surface area contributed by atoms with Crippen LogP contribution < -0.4 is 5.43 Å². The highest BCUT2D eigenvalue weighted by molar-refractivity contribution is 7.90. The molecule has 0 aromatic heterocycles. The lowest BCUT2D eigenvalue weighted by atomic mass is 10.2. The van der Waals surface area contributed by atoms with Gasteiger partial charge in [-0.05, 0) is 23.8 Å². The highest BCUT2D eigenvalue weighted by atomic mass is 32.2. The van der Waals surface area contributed by atoms with E-state index in [0.717, 1.165) is 0 Å². The minimum atomic E-state index is -3.53. The Morgan fingerprint density at radius 3 is 2.52 bits per heavy atom. The number of amides is 1. The fourth-order valence-electron chi connectivity index (χ4n) is 2.23. The van der Waals surface area contributed by atoms with Crippen molar-refractivity contribution < 1.29 is 17.9 Å². The van der Waals surface area contributed by atoms with Gasteiger partial charge in [-0.3, -0.25) is 10.2 Å². The Hall–Kier alpha value is -2.22. The van der Waals surface area contributed by atoms with E-state index in [9.17, 15) is 13.2 Å². The molecule has 2 aromatic carbocycles. The van der Waals surface area contributed by atoms with Gasteiger partial charge in [-0.2, -0.15) is 0 Å². The maximum Gasteiger partial charge on any atom is 0.265 e. The van der Waals surface area contributed by atoms with Crippen LogP contribution in [0.4, 0.5) is 0 Å². The summed E-state index contributed by atoms with van der Waals surface area (Å²) in [4.78, 5) is 12.4. The van der Waals surface area contributed by atoms with E-state index in [1.165, 1.54) is 12.1 Å². The van der Waals surface area contributed by atoms with Crippen molar-refractivity contribution in [2.75, 3.05) is 27.3 Å². The molecule has 0 unspecified atom stereocenters. The number of nitrogens with one attached hydrogen (secondary N) is 1. The number of carbonyl (C=O) groups excluding carboxylic acids is 1. The topological polar surface area (TPSA) is 75.7 Å². The highest BCUT2D eigenvalue weighted by Crippen LogP contribution is 2.17.